The van der Waals surface area contributed by atoms with E-state index >= 15 is 0 Å². The summed E-state index contributed by atoms with van der Waals surface area (Å²) in [7, 11) is 0. The molecule has 116 valence electrons. The number of rotatable bonds is 5. The number of aromatic nitrogens is 2. The topological polar surface area (TPSA) is 64.0 Å². The van der Waals surface area contributed by atoms with E-state index < -0.39 is 0 Å². The van der Waals surface area contributed by atoms with Crippen molar-refractivity contribution in [2.24, 2.45) is 5.92 Å². The van der Waals surface area contributed by atoms with Crippen molar-refractivity contribution in [3.63, 3.8) is 0 Å². The maximum Gasteiger partial charge on any atom is 0.267 e. The summed E-state index contributed by atoms with van der Waals surface area (Å²) >= 11 is 1.59. The average molecular weight is 317 g/mol. The van der Waals surface area contributed by atoms with Crippen molar-refractivity contribution in [1.29, 1.82) is 0 Å². The number of hydrogen-bond acceptors (Lipinski definition) is 4. The van der Waals surface area contributed by atoms with Crippen molar-refractivity contribution in [3.05, 3.63) is 40.0 Å². The van der Waals surface area contributed by atoms with E-state index in [0.717, 1.165) is 29.8 Å². The second kappa shape index (κ2) is 6.44. The molecule has 6 heteroatoms. The Kier molecular flexibility index (Phi) is 4.38. The fourth-order valence-electron chi connectivity index (χ4n) is 2.45. The maximum absolute atomic E-state index is 12.0. The maximum atomic E-state index is 12.0. The summed E-state index contributed by atoms with van der Waals surface area (Å²) in [5, 5.41) is 9.34. The zero-order valence-electron chi connectivity index (χ0n) is 12.5. The van der Waals surface area contributed by atoms with Gasteiger partial charge in [-0.3, -0.25) is 9.59 Å². The van der Waals surface area contributed by atoms with Gasteiger partial charge in [0.1, 0.15) is 5.69 Å². The second-order valence-electron chi connectivity index (χ2n) is 5.70. The number of nitrogens with zero attached hydrogens (tertiary/aromatic N) is 2. The number of carbonyl (C=O) groups excluding carboxylic acids is 1. The molecule has 1 atom stereocenters. The van der Waals surface area contributed by atoms with Crippen LogP contribution in [0.5, 0.6) is 0 Å². The van der Waals surface area contributed by atoms with E-state index in [1.165, 1.54) is 10.7 Å². The zero-order chi connectivity index (χ0) is 15.5. The van der Waals surface area contributed by atoms with E-state index in [1.54, 1.807) is 17.4 Å². The van der Waals surface area contributed by atoms with Crippen LogP contribution in [-0.4, -0.2) is 22.2 Å². The molecule has 2 aromatic rings. The average Bonchev–Trinajstić information content (AvgIpc) is 2.97. The van der Waals surface area contributed by atoms with Gasteiger partial charge in [0.15, 0.2) is 0 Å². The summed E-state index contributed by atoms with van der Waals surface area (Å²) in [6.07, 6.45) is 3.09. The molecule has 1 N–H and O–H groups in total. The molecule has 0 spiro atoms. The minimum absolute atomic E-state index is 0.0977. The normalized spacial score (nSPS) is 16.0. The Morgan fingerprint density at radius 3 is 2.91 bits per heavy atom. The molecule has 0 aliphatic heterocycles. The Labute approximate surface area is 133 Å². The SMILES string of the molecule is CC(CNC(=O)C1CCC1)n1nc(-c2cccs2)ccc1=O. The number of thiophene rings is 1. The van der Waals surface area contributed by atoms with Gasteiger partial charge in [-0.05, 0) is 37.3 Å². The monoisotopic (exact) mass is 317 g/mol. The summed E-state index contributed by atoms with van der Waals surface area (Å²) in [4.78, 5) is 24.9. The third-order valence-electron chi connectivity index (χ3n) is 4.06. The van der Waals surface area contributed by atoms with Crippen LogP contribution in [0, 0.1) is 5.92 Å². The van der Waals surface area contributed by atoms with Crippen LogP contribution in [0.2, 0.25) is 0 Å². The first kappa shape index (κ1) is 15.0. The number of nitrogens with one attached hydrogen (secondary N) is 1. The van der Waals surface area contributed by atoms with Gasteiger partial charge in [-0.15, -0.1) is 11.3 Å². The predicted octanol–water partition coefficient (Wildman–Crippen LogP) is 2.45. The van der Waals surface area contributed by atoms with Crippen molar-refractivity contribution in [3.8, 4) is 10.6 Å². The number of hydrogen-bond donors (Lipinski definition) is 1. The van der Waals surface area contributed by atoms with Crippen molar-refractivity contribution in [2.75, 3.05) is 6.54 Å². The smallest absolute Gasteiger partial charge is 0.267 e. The summed E-state index contributed by atoms with van der Waals surface area (Å²) in [6.45, 7) is 2.32. The highest BCUT2D eigenvalue weighted by molar-refractivity contribution is 7.13. The van der Waals surface area contributed by atoms with Crippen LogP contribution in [0.1, 0.15) is 32.2 Å². The number of carbonyl (C=O) groups is 1. The van der Waals surface area contributed by atoms with E-state index in [-0.39, 0.29) is 23.4 Å². The first-order valence-electron chi connectivity index (χ1n) is 7.56. The summed E-state index contributed by atoms with van der Waals surface area (Å²) in [6, 6.07) is 7.04. The molecule has 0 aromatic carbocycles. The third-order valence-corrected chi connectivity index (χ3v) is 4.96. The largest absolute Gasteiger partial charge is 0.354 e. The van der Waals surface area contributed by atoms with Crippen molar-refractivity contribution in [1.82, 2.24) is 15.1 Å². The lowest BCUT2D eigenvalue weighted by molar-refractivity contribution is -0.127. The molecular weight excluding hydrogens is 298 g/mol. The molecule has 1 amide bonds. The van der Waals surface area contributed by atoms with Crippen LogP contribution in [0.3, 0.4) is 0 Å². The molecule has 1 aliphatic rings. The standard InChI is InChI=1S/C16H19N3O2S/c1-11(10-17-16(21)12-4-2-5-12)19-15(20)8-7-13(18-19)14-6-3-9-22-14/h3,6-9,11-12H,2,4-5,10H2,1H3,(H,17,21). The fourth-order valence-corrected chi connectivity index (χ4v) is 3.14. The molecule has 1 aliphatic carbocycles. The van der Waals surface area contributed by atoms with E-state index in [2.05, 4.69) is 10.4 Å². The first-order chi connectivity index (χ1) is 10.6. The molecule has 3 rings (SSSR count). The van der Waals surface area contributed by atoms with Crippen LogP contribution in [-0.2, 0) is 4.79 Å². The van der Waals surface area contributed by atoms with Crippen molar-refractivity contribution < 1.29 is 4.79 Å². The Morgan fingerprint density at radius 2 is 2.27 bits per heavy atom. The summed E-state index contributed by atoms with van der Waals surface area (Å²) in [5.41, 5.74) is 0.637. The fraction of sp³-hybridized carbons (Fsp3) is 0.438. The molecule has 0 bridgehead atoms. The molecular formula is C16H19N3O2S. The number of amides is 1. The van der Waals surface area contributed by atoms with Gasteiger partial charge in [-0.25, -0.2) is 4.68 Å². The lowest BCUT2D eigenvalue weighted by Crippen LogP contribution is -2.39. The van der Waals surface area contributed by atoms with Crippen LogP contribution < -0.4 is 10.9 Å². The molecule has 1 saturated carbocycles. The molecule has 0 radical (unpaired) electrons. The Bertz CT molecular complexity index is 704. The van der Waals surface area contributed by atoms with Gasteiger partial charge in [0.05, 0.1) is 10.9 Å². The Hall–Kier alpha value is -1.95. The Balaban J connectivity index is 1.71. The lowest BCUT2D eigenvalue weighted by atomic mass is 9.85. The van der Waals surface area contributed by atoms with Crippen LogP contribution in [0.4, 0.5) is 0 Å². The van der Waals surface area contributed by atoms with Crippen LogP contribution in [0.15, 0.2) is 34.4 Å². The van der Waals surface area contributed by atoms with Crippen molar-refractivity contribution >= 4 is 17.2 Å². The predicted molar refractivity (Wildman–Crippen MR) is 86.9 cm³/mol. The highest BCUT2D eigenvalue weighted by atomic mass is 32.1. The quantitative estimate of drug-likeness (QED) is 0.921. The zero-order valence-corrected chi connectivity index (χ0v) is 13.3. The van der Waals surface area contributed by atoms with E-state index in [9.17, 15) is 9.59 Å². The van der Waals surface area contributed by atoms with Gasteiger partial charge < -0.3 is 5.32 Å². The second-order valence-corrected chi connectivity index (χ2v) is 6.65. The van der Waals surface area contributed by atoms with Crippen molar-refractivity contribution in [2.45, 2.75) is 32.2 Å². The van der Waals surface area contributed by atoms with Gasteiger partial charge in [0.2, 0.25) is 5.91 Å². The highest BCUT2D eigenvalue weighted by Gasteiger charge is 2.25. The minimum Gasteiger partial charge on any atom is -0.354 e. The molecule has 22 heavy (non-hydrogen) atoms. The van der Waals surface area contributed by atoms with Crippen LogP contribution in [0.25, 0.3) is 10.6 Å². The van der Waals surface area contributed by atoms with E-state index in [1.807, 2.05) is 24.4 Å². The van der Waals surface area contributed by atoms with E-state index in [4.69, 9.17) is 0 Å². The molecule has 0 saturated heterocycles. The van der Waals surface area contributed by atoms with Gasteiger partial charge >= 0.3 is 0 Å². The lowest BCUT2D eigenvalue weighted by Gasteiger charge is -2.25. The van der Waals surface area contributed by atoms with Gasteiger partial charge in [-0.2, -0.15) is 5.10 Å². The summed E-state index contributed by atoms with van der Waals surface area (Å²) in [5.74, 6) is 0.259. The third kappa shape index (κ3) is 3.11. The molecule has 1 unspecified atom stereocenters. The highest BCUT2D eigenvalue weighted by Crippen LogP contribution is 2.26. The Morgan fingerprint density at radius 1 is 1.45 bits per heavy atom. The van der Waals surface area contributed by atoms with E-state index in [0.29, 0.717) is 6.54 Å². The summed E-state index contributed by atoms with van der Waals surface area (Å²) < 4.78 is 1.45. The first-order valence-corrected chi connectivity index (χ1v) is 8.44. The van der Waals surface area contributed by atoms with Gasteiger partial charge in [0, 0.05) is 18.5 Å². The van der Waals surface area contributed by atoms with Crippen LogP contribution >= 0.6 is 11.3 Å². The molecule has 2 heterocycles. The molecule has 2 aromatic heterocycles. The minimum atomic E-state index is -0.170. The van der Waals surface area contributed by atoms with Gasteiger partial charge in [0.25, 0.3) is 5.56 Å². The molecule has 1 fully saturated rings. The van der Waals surface area contributed by atoms with Gasteiger partial charge in [-0.1, -0.05) is 12.5 Å². The molecule has 5 nitrogen and oxygen atoms in total.